The SMILES string of the molecule is CN(c1ccc([N+](=O)[O-])cc1CO)C1CCCC1. The zero-order valence-corrected chi connectivity index (χ0v) is 10.5. The maximum atomic E-state index is 10.7. The highest BCUT2D eigenvalue weighted by atomic mass is 16.6. The van der Waals surface area contributed by atoms with Gasteiger partial charge in [0, 0.05) is 36.5 Å². The molecule has 18 heavy (non-hydrogen) atoms. The summed E-state index contributed by atoms with van der Waals surface area (Å²) in [7, 11) is 2.00. The monoisotopic (exact) mass is 250 g/mol. The summed E-state index contributed by atoms with van der Waals surface area (Å²) < 4.78 is 0. The molecular weight excluding hydrogens is 232 g/mol. The van der Waals surface area contributed by atoms with Gasteiger partial charge >= 0.3 is 0 Å². The van der Waals surface area contributed by atoms with Gasteiger partial charge in [-0.1, -0.05) is 12.8 Å². The molecule has 1 fully saturated rings. The number of aliphatic hydroxyl groups excluding tert-OH is 1. The summed E-state index contributed by atoms with van der Waals surface area (Å²) >= 11 is 0. The molecule has 0 aliphatic heterocycles. The number of rotatable bonds is 4. The van der Waals surface area contributed by atoms with Gasteiger partial charge in [-0.3, -0.25) is 10.1 Å². The van der Waals surface area contributed by atoms with Crippen LogP contribution in [0.4, 0.5) is 11.4 Å². The van der Waals surface area contributed by atoms with Gasteiger partial charge in [0.15, 0.2) is 0 Å². The lowest BCUT2D eigenvalue weighted by Crippen LogP contribution is -2.29. The lowest BCUT2D eigenvalue weighted by molar-refractivity contribution is -0.384. The number of anilines is 1. The number of hydrogen-bond acceptors (Lipinski definition) is 4. The zero-order chi connectivity index (χ0) is 13.1. The van der Waals surface area contributed by atoms with E-state index < -0.39 is 4.92 Å². The minimum atomic E-state index is -0.432. The van der Waals surface area contributed by atoms with E-state index in [0.29, 0.717) is 11.6 Å². The minimum Gasteiger partial charge on any atom is -0.392 e. The summed E-state index contributed by atoms with van der Waals surface area (Å²) in [6, 6.07) is 5.18. The van der Waals surface area contributed by atoms with Gasteiger partial charge in [-0.05, 0) is 18.9 Å². The van der Waals surface area contributed by atoms with Crippen molar-refractivity contribution in [3.05, 3.63) is 33.9 Å². The van der Waals surface area contributed by atoms with Gasteiger partial charge in [0.25, 0.3) is 5.69 Å². The van der Waals surface area contributed by atoms with E-state index in [0.717, 1.165) is 18.5 Å². The van der Waals surface area contributed by atoms with E-state index in [4.69, 9.17) is 0 Å². The Bertz CT molecular complexity index is 442. The highest BCUT2D eigenvalue weighted by Gasteiger charge is 2.22. The molecule has 0 spiro atoms. The Morgan fingerprint density at radius 1 is 1.44 bits per heavy atom. The number of nitro groups is 1. The number of nitrogens with zero attached hydrogens (tertiary/aromatic N) is 2. The van der Waals surface area contributed by atoms with E-state index in [1.165, 1.54) is 25.0 Å². The quantitative estimate of drug-likeness (QED) is 0.658. The van der Waals surface area contributed by atoms with Crippen molar-refractivity contribution < 1.29 is 10.0 Å². The molecule has 0 atom stereocenters. The molecule has 5 heteroatoms. The van der Waals surface area contributed by atoms with Gasteiger partial charge in [-0.2, -0.15) is 0 Å². The molecule has 0 heterocycles. The van der Waals surface area contributed by atoms with E-state index in [9.17, 15) is 15.2 Å². The van der Waals surface area contributed by atoms with Crippen LogP contribution in [0.1, 0.15) is 31.2 Å². The minimum absolute atomic E-state index is 0.0302. The van der Waals surface area contributed by atoms with Crippen molar-refractivity contribution in [3.8, 4) is 0 Å². The molecule has 1 aromatic carbocycles. The second-order valence-electron chi connectivity index (χ2n) is 4.78. The molecular formula is C13H18N2O3. The largest absolute Gasteiger partial charge is 0.392 e. The van der Waals surface area contributed by atoms with E-state index in [-0.39, 0.29) is 12.3 Å². The molecule has 0 saturated heterocycles. The topological polar surface area (TPSA) is 66.6 Å². The predicted molar refractivity (Wildman–Crippen MR) is 69.7 cm³/mol. The summed E-state index contributed by atoms with van der Waals surface area (Å²) in [6.45, 7) is -0.173. The van der Waals surface area contributed by atoms with E-state index in [1.807, 2.05) is 7.05 Å². The van der Waals surface area contributed by atoms with Crippen LogP contribution in [0.5, 0.6) is 0 Å². The summed E-state index contributed by atoms with van der Waals surface area (Å²) in [6.07, 6.45) is 4.77. The van der Waals surface area contributed by atoms with E-state index in [2.05, 4.69) is 4.90 Å². The number of aliphatic hydroxyl groups is 1. The molecule has 98 valence electrons. The van der Waals surface area contributed by atoms with Crippen molar-refractivity contribution in [2.45, 2.75) is 38.3 Å². The molecule has 5 nitrogen and oxygen atoms in total. The Labute approximate surface area is 106 Å². The maximum Gasteiger partial charge on any atom is 0.269 e. The molecule has 2 rings (SSSR count). The molecule has 0 bridgehead atoms. The fourth-order valence-electron chi connectivity index (χ4n) is 2.64. The number of hydrogen-bond donors (Lipinski definition) is 1. The van der Waals surface area contributed by atoms with Crippen LogP contribution in [0.2, 0.25) is 0 Å². The summed E-state index contributed by atoms with van der Waals surface area (Å²) in [4.78, 5) is 12.4. The van der Waals surface area contributed by atoms with Gasteiger partial charge in [-0.15, -0.1) is 0 Å². The molecule has 0 amide bonds. The lowest BCUT2D eigenvalue weighted by Gasteiger charge is -2.28. The second kappa shape index (κ2) is 5.35. The molecule has 0 radical (unpaired) electrons. The standard InChI is InChI=1S/C13H18N2O3/c1-14(11-4-2-3-5-11)13-7-6-12(15(17)18)8-10(13)9-16/h6-8,11,16H,2-5,9H2,1H3. The average molecular weight is 250 g/mol. The molecule has 0 unspecified atom stereocenters. The maximum absolute atomic E-state index is 10.7. The van der Waals surface area contributed by atoms with Crippen molar-refractivity contribution in [2.24, 2.45) is 0 Å². The highest BCUT2D eigenvalue weighted by Crippen LogP contribution is 2.31. The Morgan fingerprint density at radius 3 is 2.67 bits per heavy atom. The van der Waals surface area contributed by atoms with Crippen molar-refractivity contribution in [2.75, 3.05) is 11.9 Å². The number of non-ortho nitro benzene ring substituents is 1. The summed E-state index contributed by atoms with van der Waals surface area (Å²) in [5.74, 6) is 0. The van der Waals surface area contributed by atoms with Crippen molar-refractivity contribution in [1.29, 1.82) is 0 Å². The zero-order valence-electron chi connectivity index (χ0n) is 10.5. The normalized spacial score (nSPS) is 15.9. The third-order valence-corrected chi connectivity index (χ3v) is 3.70. The lowest BCUT2D eigenvalue weighted by atomic mass is 10.1. The van der Waals surface area contributed by atoms with Crippen molar-refractivity contribution >= 4 is 11.4 Å². The highest BCUT2D eigenvalue weighted by molar-refractivity contribution is 5.58. The van der Waals surface area contributed by atoms with Crippen LogP contribution in [0.3, 0.4) is 0 Å². The number of benzene rings is 1. The first-order valence-corrected chi connectivity index (χ1v) is 6.24. The van der Waals surface area contributed by atoms with Crippen LogP contribution in [0.15, 0.2) is 18.2 Å². The van der Waals surface area contributed by atoms with Gasteiger partial charge < -0.3 is 10.0 Å². The van der Waals surface area contributed by atoms with Crippen LogP contribution in [0, 0.1) is 10.1 Å². The van der Waals surface area contributed by atoms with Crippen LogP contribution < -0.4 is 4.90 Å². The summed E-state index contributed by atoms with van der Waals surface area (Å²) in [5, 5.41) is 20.1. The average Bonchev–Trinajstić information content (AvgIpc) is 2.90. The smallest absolute Gasteiger partial charge is 0.269 e. The molecule has 1 aliphatic rings. The fraction of sp³-hybridized carbons (Fsp3) is 0.538. The Balaban J connectivity index is 2.28. The molecule has 1 saturated carbocycles. The predicted octanol–water partition coefficient (Wildman–Crippen LogP) is 2.47. The molecule has 0 aromatic heterocycles. The van der Waals surface area contributed by atoms with Crippen molar-refractivity contribution in [3.63, 3.8) is 0 Å². The van der Waals surface area contributed by atoms with Crippen LogP contribution >= 0.6 is 0 Å². The van der Waals surface area contributed by atoms with Gasteiger partial charge in [-0.25, -0.2) is 0 Å². The van der Waals surface area contributed by atoms with Gasteiger partial charge in [0.05, 0.1) is 11.5 Å². The fourth-order valence-corrected chi connectivity index (χ4v) is 2.64. The van der Waals surface area contributed by atoms with Gasteiger partial charge in [0.1, 0.15) is 0 Å². The van der Waals surface area contributed by atoms with E-state index >= 15 is 0 Å². The first-order valence-electron chi connectivity index (χ1n) is 6.24. The summed E-state index contributed by atoms with van der Waals surface area (Å²) in [5.41, 5.74) is 1.55. The Hall–Kier alpha value is -1.62. The van der Waals surface area contributed by atoms with Crippen LogP contribution in [-0.2, 0) is 6.61 Å². The number of nitro benzene ring substituents is 1. The molecule has 1 aromatic rings. The van der Waals surface area contributed by atoms with E-state index in [1.54, 1.807) is 6.07 Å². The Kier molecular flexibility index (Phi) is 3.81. The third-order valence-electron chi connectivity index (χ3n) is 3.70. The molecule has 1 N–H and O–H groups in total. The van der Waals surface area contributed by atoms with Crippen LogP contribution in [0.25, 0.3) is 0 Å². The second-order valence-corrected chi connectivity index (χ2v) is 4.78. The molecule has 1 aliphatic carbocycles. The van der Waals surface area contributed by atoms with Crippen molar-refractivity contribution in [1.82, 2.24) is 0 Å². The Morgan fingerprint density at radius 2 is 2.11 bits per heavy atom. The van der Waals surface area contributed by atoms with Gasteiger partial charge in [0.2, 0.25) is 0 Å². The first-order chi connectivity index (χ1) is 8.63. The van der Waals surface area contributed by atoms with Crippen LogP contribution in [-0.4, -0.2) is 23.1 Å². The third kappa shape index (κ3) is 2.46. The first kappa shape index (κ1) is 12.8.